The lowest BCUT2D eigenvalue weighted by atomic mass is 10.2. The summed E-state index contributed by atoms with van der Waals surface area (Å²) in [5, 5.41) is 22.2. The molecule has 1 N–H and O–H groups in total. The molecular weight excluding hydrogens is 294 g/mol. The molecular formula is C16H17N5O2. The van der Waals surface area contributed by atoms with Crippen LogP contribution in [0.5, 0.6) is 5.75 Å². The molecule has 7 heteroatoms. The van der Waals surface area contributed by atoms with Crippen LogP contribution in [0.25, 0.3) is 11.4 Å². The molecule has 118 valence electrons. The SMILES string of the molecule is Cc1cccc(OC[C@H](O)Cn2nnc(-c3cccnc3)n2)c1. The van der Waals surface area contributed by atoms with Gasteiger partial charge in [0, 0.05) is 18.0 Å². The third-order valence-corrected chi connectivity index (χ3v) is 3.18. The topological polar surface area (TPSA) is 86.0 Å². The first-order chi connectivity index (χ1) is 11.2. The Labute approximate surface area is 133 Å². The highest BCUT2D eigenvalue weighted by atomic mass is 16.5. The summed E-state index contributed by atoms with van der Waals surface area (Å²) in [7, 11) is 0. The Hall–Kier alpha value is -2.80. The molecule has 23 heavy (non-hydrogen) atoms. The summed E-state index contributed by atoms with van der Waals surface area (Å²) in [6.07, 6.45) is 2.62. The zero-order chi connectivity index (χ0) is 16.1. The Morgan fingerprint density at radius 3 is 2.96 bits per heavy atom. The summed E-state index contributed by atoms with van der Waals surface area (Å²) in [6.45, 7) is 2.36. The molecule has 1 atom stereocenters. The van der Waals surface area contributed by atoms with Gasteiger partial charge < -0.3 is 9.84 Å². The van der Waals surface area contributed by atoms with Crippen LogP contribution in [0.2, 0.25) is 0 Å². The van der Waals surface area contributed by atoms with Gasteiger partial charge in [0.2, 0.25) is 5.82 Å². The Balaban J connectivity index is 1.56. The maximum Gasteiger partial charge on any atom is 0.206 e. The third-order valence-electron chi connectivity index (χ3n) is 3.18. The Bertz CT molecular complexity index is 760. The third kappa shape index (κ3) is 4.10. The zero-order valence-corrected chi connectivity index (χ0v) is 12.7. The van der Waals surface area contributed by atoms with Crippen LogP contribution in [0.1, 0.15) is 5.56 Å². The lowest BCUT2D eigenvalue weighted by Gasteiger charge is -2.11. The molecule has 0 amide bonds. The first kappa shape index (κ1) is 15.1. The molecule has 0 spiro atoms. The molecule has 7 nitrogen and oxygen atoms in total. The van der Waals surface area contributed by atoms with Crippen molar-refractivity contribution in [2.75, 3.05) is 6.61 Å². The minimum atomic E-state index is -0.730. The molecule has 3 aromatic rings. The maximum absolute atomic E-state index is 10.0. The Kier molecular flexibility index (Phi) is 4.58. The maximum atomic E-state index is 10.0. The van der Waals surface area contributed by atoms with Crippen molar-refractivity contribution in [1.29, 1.82) is 0 Å². The molecule has 0 aliphatic rings. The molecule has 0 aliphatic carbocycles. The van der Waals surface area contributed by atoms with E-state index in [2.05, 4.69) is 20.4 Å². The van der Waals surface area contributed by atoms with Gasteiger partial charge in [-0.05, 0) is 42.0 Å². The molecule has 0 aliphatic heterocycles. The van der Waals surface area contributed by atoms with E-state index in [9.17, 15) is 5.11 Å². The Morgan fingerprint density at radius 1 is 1.26 bits per heavy atom. The van der Waals surface area contributed by atoms with E-state index in [1.54, 1.807) is 18.5 Å². The first-order valence-electron chi connectivity index (χ1n) is 7.26. The predicted molar refractivity (Wildman–Crippen MR) is 83.7 cm³/mol. The van der Waals surface area contributed by atoms with Crippen molar-refractivity contribution in [2.45, 2.75) is 19.6 Å². The van der Waals surface area contributed by atoms with E-state index in [1.807, 2.05) is 37.3 Å². The summed E-state index contributed by atoms with van der Waals surface area (Å²) in [5.41, 5.74) is 1.89. The number of rotatable bonds is 6. The van der Waals surface area contributed by atoms with E-state index in [-0.39, 0.29) is 13.2 Å². The van der Waals surface area contributed by atoms with Gasteiger partial charge in [-0.15, -0.1) is 10.2 Å². The standard InChI is InChI=1S/C16H17N5O2/c1-12-4-2-6-15(8-12)23-11-14(22)10-21-19-16(18-20-21)13-5-3-7-17-9-13/h2-9,14,22H,10-11H2,1H3/t14-/m1/s1. The van der Waals surface area contributed by atoms with Crippen LogP contribution in [0.3, 0.4) is 0 Å². The molecule has 3 rings (SSSR count). The van der Waals surface area contributed by atoms with E-state index >= 15 is 0 Å². The summed E-state index contributed by atoms with van der Waals surface area (Å²) < 4.78 is 5.56. The number of aryl methyl sites for hydroxylation is 1. The van der Waals surface area contributed by atoms with Crippen LogP contribution in [0, 0.1) is 6.92 Å². The van der Waals surface area contributed by atoms with Crippen molar-refractivity contribution in [3.8, 4) is 17.1 Å². The fourth-order valence-electron chi connectivity index (χ4n) is 2.07. The van der Waals surface area contributed by atoms with Gasteiger partial charge in [0.15, 0.2) is 0 Å². The van der Waals surface area contributed by atoms with Crippen LogP contribution in [0.4, 0.5) is 0 Å². The Morgan fingerprint density at radius 2 is 2.17 bits per heavy atom. The number of nitrogens with zero attached hydrogens (tertiary/aromatic N) is 5. The molecule has 0 unspecified atom stereocenters. The lowest BCUT2D eigenvalue weighted by Crippen LogP contribution is -2.25. The molecule has 0 saturated carbocycles. The van der Waals surface area contributed by atoms with Gasteiger partial charge in [0.05, 0.1) is 6.54 Å². The van der Waals surface area contributed by atoms with Crippen molar-refractivity contribution in [3.05, 3.63) is 54.4 Å². The van der Waals surface area contributed by atoms with E-state index < -0.39 is 6.10 Å². The van der Waals surface area contributed by atoms with Gasteiger partial charge in [0.25, 0.3) is 0 Å². The predicted octanol–water partition coefficient (Wildman–Crippen LogP) is 1.48. The molecule has 0 bridgehead atoms. The van der Waals surface area contributed by atoms with E-state index in [0.717, 1.165) is 16.9 Å². The lowest BCUT2D eigenvalue weighted by molar-refractivity contribution is 0.0849. The summed E-state index contributed by atoms with van der Waals surface area (Å²) in [4.78, 5) is 5.37. The number of benzene rings is 1. The van der Waals surface area contributed by atoms with Gasteiger partial charge in [-0.2, -0.15) is 4.80 Å². The van der Waals surface area contributed by atoms with Gasteiger partial charge in [0.1, 0.15) is 18.5 Å². The number of aliphatic hydroxyl groups excluding tert-OH is 1. The summed E-state index contributed by atoms with van der Waals surface area (Å²) >= 11 is 0. The normalized spacial score (nSPS) is 12.1. The molecule has 0 radical (unpaired) electrons. The largest absolute Gasteiger partial charge is 0.491 e. The molecule has 0 fully saturated rings. The molecule has 0 saturated heterocycles. The van der Waals surface area contributed by atoms with Gasteiger partial charge >= 0.3 is 0 Å². The fourth-order valence-corrected chi connectivity index (χ4v) is 2.07. The minimum Gasteiger partial charge on any atom is -0.491 e. The average molecular weight is 311 g/mol. The number of tetrazole rings is 1. The van der Waals surface area contributed by atoms with Crippen LogP contribution in [0.15, 0.2) is 48.8 Å². The molecule has 2 heterocycles. The monoisotopic (exact) mass is 311 g/mol. The second-order valence-electron chi connectivity index (χ2n) is 5.19. The van der Waals surface area contributed by atoms with Crippen molar-refractivity contribution < 1.29 is 9.84 Å². The van der Waals surface area contributed by atoms with Gasteiger partial charge in [-0.25, -0.2) is 0 Å². The highest BCUT2D eigenvalue weighted by Crippen LogP contribution is 2.13. The van der Waals surface area contributed by atoms with Gasteiger partial charge in [-0.1, -0.05) is 12.1 Å². The number of pyridine rings is 1. The number of ether oxygens (including phenoxy) is 1. The number of hydrogen-bond acceptors (Lipinski definition) is 6. The highest BCUT2D eigenvalue weighted by Gasteiger charge is 2.11. The quantitative estimate of drug-likeness (QED) is 0.742. The van der Waals surface area contributed by atoms with Crippen LogP contribution < -0.4 is 4.74 Å². The second-order valence-corrected chi connectivity index (χ2v) is 5.19. The van der Waals surface area contributed by atoms with Crippen molar-refractivity contribution >= 4 is 0 Å². The average Bonchev–Trinajstić information content (AvgIpc) is 3.02. The van der Waals surface area contributed by atoms with Crippen molar-refractivity contribution in [1.82, 2.24) is 25.2 Å². The van der Waals surface area contributed by atoms with Crippen molar-refractivity contribution in [3.63, 3.8) is 0 Å². The zero-order valence-electron chi connectivity index (χ0n) is 12.7. The minimum absolute atomic E-state index is 0.160. The summed E-state index contributed by atoms with van der Waals surface area (Å²) in [6, 6.07) is 11.3. The smallest absolute Gasteiger partial charge is 0.206 e. The van der Waals surface area contributed by atoms with E-state index in [1.165, 1.54) is 4.80 Å². The van der Waals surface area contributed by atoms with Gasteiger partial charge in [-0.3, -0.25) is 4.98 Å². The highest BCUT2D eigenvalue weighted by molar-refractivity contribution is 5.51. The molecule has 1 aromatic carbocycles. The van der Waals surface area contributed by atoms with E-state index in [0.29, 0.717) is 5.82 Å². The van der Waals surface area contributed by atoms with Crippen molar-refractivity contribution in [2.24, 2.45) is 0 Å². The van der Waals surface area contributed by atoms with E-state index in [4.69, 9.17) is 4.74 Å². The van der Waals surface area contributed by atoms with Crippen LogP contribution in [-0.4, -0.2) is 43.0 Å². The molecule has 2 aromatic heterocycles. The fraction of sp³-hybridized carbons (Fsp3) is 0.250. The van der Waals surface area contributed by atoms with Crippen LogP contribution >= 0.6 is 0 Å². The second kappa shape index (κ2) is 6.97. The number of aromatic nitrogens is 5. The number of hydrogen-bond donors (Lipinski definition) is 1. The number of aliphatic hydroxyl groups is 1. The first-order valence-corrected chi connectivity index (χ1v) is 7.26. The summed E-state index contributed by atoms with van der Waals surface area (Å²) in [5.74, 6) is 1.21. The van der Waals surface area contributed by atoms with Crippen LogP contribution in [-0.2, 0) is 6.54 Å².